The number of hydrogen-bond acceptors (Lipinski definition) is 9. The second kappa shape index (κ2) is 8.19. The number of nitrogens with zero attached hydrogens (tertiary/aromatic N) is 4. The number of carboxylic acid groups (broad SMARTS) is 1. The number of aromatic hydroxyl groups is 1. The topological polar surface area (TPSA) is 208 Å². The van der Waals surface area contributed by atoms with E-state index in [-0.39, 0.29) is 29.9 Å². The van der Waals surface area contributed by atoms with Gasteiger partial charge in [-0.3, -0.25) is 13.9 Å². The van der Waals surface area contributed by atoms with Crippen molar-refractivity contribution in [3.05, 3.63) is 45.2 Å². The number of rotatable bonds is 6. The van der Waals surface area contributed by atoms with Crippen molar-refractivity contribution >= 4 is 27.5 Å². The van der Waals surface area contributed by atoms with Crippen molar-refractivity contribution in [3.63, 3.8) is 0 Å². The zero-order valence-corrected chi connectivity index (χ0v) is 15.7. The van der Waals surface area contributed by atoms with Crippen molar-refractivity contribution in [2.75, 3.05) is 6.54 Å². The molecule has 0 fully saturated rings. The van der Waals surface area contributed by atoms with E-state index >= 15 is 0 Å². The number of azo groups is 1. The molecule has 0 aliphatic carbocycles. The van der Waals surface area contributed by atoms with Crippen molar-refractivity contribution in [2.45, 2.75) is 18.4 Å². The van der Waals surface area contributed by atoms with Crippen molar-refractivity contribution in [3.8, 4) is 11.9 Å². The maximum atomic E-state index is 12.2. The third-order valence-electron chi connectivity index (χ3n) is 3.88. The minimum Gasteiger partial charge on any atom is -0.493 e. The minimum absolute atomic E-state index is 0.0187. The second-order valence-electron chi connectivity index (χ2n) is 5.69. The van der Waals surface area contributed by atoms with Crippen molar-refractivity contribution in [1.29, 1.82) is 5.26 Å². The molecule has 0 aliphatic heterocycles. The number of pyridine rings is 1. The van der Waals surface area contributed by atoms with Gasteiger partial charge in [-0.2, -0.15) is 13.7 Å². The van der Waals surface area contributed by atoms with E-state index in [0.717, 1.165) is 22.8 Å². The summed E-state index contributed by atoms with van der Waals surface area (Å²) in [6.07, 6.45) is 0. The van der Waals surface area contributed by atoms with Crippen LogP contribution in [-0.2, 0) is 16.7 Å². The first kappa shape index (κ1) is 21.7. The van der Waals surface area contributed by atoms with Gasteiger partial charge in [-0.25, -0.2) is 4.79 Å². The standard InChI is InChI=1S/C16H15N5O7S/c1-8-11(7-18)14(22)21(5-4-17)15(23)13(8)20-19-12-6-9(29(26,27)28)2-3-10(12)16(24)25/h2-3,6,23H,4-5,17H2,1H3,(H,24,25)(H,26,27,28). The van der Waals surface area contributed by atoms with Crippen molar-refractivity contribution in [1.82, 2.24) is 4.57 Å². The first-order valence-electron chi connectivity index (χ1n) is 7.86. The van der Waals surface area contributed by atoms with Gasteiger partial charge in [-0.15, -0.1) is 10.2 Å². The molecule has 2 aromatic rings. The first-order valence-corrected chi connectivity index (χ1v) is 9.30. The Morgan fingerprint density at radius 3 is 2.52 bits per heavy atom. The van der Waals surface area contributed by atoms with E-state index in [1.165, 1.54) is 6.92 Å². The van der Waals surface area contributed by atoms with Gasteiger partial charge in [0.1, 0.15) is 17.3 Å². The number of aromatic nitrogens is 1. The van der Waals surface area contributed by atoms with Gasteiger partial charge in [-0.05, 0) is 25.1 Å². The largest absolute Gasteiger partial charge is 0.493 e. The molecule has 29 heavy (non-hydrogen) atoms. The van der Waals surface area contributed by atoms with Crippen LogP contribution in [0.1, 0.15) is 21.5 Å². The van der Waals surface area contributed by atoms with Gasteiger partial charge in [0.25, 0.3) is 15.7 Å². The number of hydrogen-bond donors (Lipinski definition) is 4. The lowest BCUT2D eigenvalue weighted by atomic mass is 10.1. The van der Waals surface area contributed by atoms with E-state index in [1.54, 1.807) is 6.07 Å². The van der Waals surface area contributed by atoms with Gasteiger partial charge in [0, 0.05) is 18.7 Å². The molecule has 152 valence electrons. The van der Waals surface area contributed by atoms with Gasteiger partial charge in [0.2, 0.25) is 5.88 Å². The normalized spacial score (nSPS) is 11.5. The van der Waals surface area contributed by atoms with Gasteiger partial charge in [0.05, 0.1) is 10.5 Å². The Morgan fingerprint density at radius 1 is 1.34 bits per heavy atom. The molecular weight excluding hydrogens is 406 g/mol. The maximum Gasteiger partial charge on any atom is 0.337 e. The molecule has 0 spiro atoms. The average molecular weight is 421 g/mol. The second-order valence-corrected chi connectivity index (χ2v) is 7.11. The summed E-state index contributed by atoms with van der Waals surface area (Å²) in [5.41, 5.74) is 3.09. The van der Waals surface area contributed by atoms with Crippen LogP contribution in [0, 0.1) is 18.3 Å². The summed E-state index contributed by atoms with van der Waals surface area (Å²) in [6.45, 7) is 1.17. The van der Waals surface area contributed by atoms with Crippen LogP contribution in [0.2, 0.25) is 0 Å². The molecule has 0 bridgehead atoms. The first-order chi connectivity index (χ1) is 13.5. The summed E-state index contributed by atoms with van der Waals surface area (Å²) in [6, 6.07) is 4.24. The third kappa shape index (κ3) is 4.29. The molecule has 0 atom stereocenters. The maximum absolute atomic E-state index is 12.2. The Hall–Kier alpha value is -3.60. The third-order valence-corrected chi connectivity index (χ3v) is 4.73. The van der Waals surface area contributed by atoms with E-state index in [0.29, 0.717) is 0 Å². The van der Waals surface area contributed by atoms with E-state index < -0.39 is 43.7 Å². The van der Waals surface area contributed by atoms with Crippen LogP contribution in [-0.4, -0.2) is 40.3 Å². The van der Waals surface area contributed by atoms with E-state index in [2.05, 4.69) is 10.2 Å². The van der Waals surface area contributed by atoms with Gasteiger partial charge in [-0.1, -0.05) is 0 Å². The fourth-order valence-corrected chi connectivity index (χ4v) is 2.93. The summed E-state index contributed by atoms with van der Waals surface area (Å²) < 4.78 is 32.5. The minimum atomic E-state index is -4.64. The van der Waals surface area contributed by atoms with Crippen LogP contribution in [0.3, 0.4) is 0 Å². The monoisotopic (exact) mass is 421 g/mol. The molecule has 1 aromatic carbocycles. The van der Waals surface area contributed by atoms with Crippen LogP contribution in [0.4, 0.5) is 11.4 Å². The van der Waals surface area contributed by atoms with E-state index in [9.17, 15) is 33.5 Å². The molecule has 0 unspecified atom stereocenters. The molecule has 0 radical (unpaired) electrons. The van der Waals surface area contributed by atoms with Crippen LogP contribution >= 0.6 is 0 Å². The molecule has 0 saturated carbocycles. The van der Waals surface area contributed by atoms with E-state index in [4.69, 9.17) is 10.3 Å². The zero-order chi connectivity index (χ0) is 21.9. The fraction of sp³-hybridized carbons (Fsp3) is 0.188. The molecular formula is C16H15N5O7S. The molecule has 0 amide bonds. The number of aromatic carboxylic acids is 1. The molecule has 0 aliphatic rings. The Balaban J connectivity index is 2.75. The smallest absolute Gasteiger partial charge is 0.337 e. The van der Waals surface area contributed by atoms with Gasteiger partial charge < -0.3 is 15.9 Å². The zero-order valence-electron chi connectivity index (χ0n) is 14.9. The highest BCUT2D eigenvalue weighted by Crippen LogP contribution is 2.33. The molecule has 13 heteroatoms. The number of carbonyl (C=O) groups is 1. The summed E-state index contributed by atoms with van der Waals surface area (Å²) in [7, 11) is -4.64. The Kier molecular flexibility index (Phi) is 6.12. The highest BCUT2D eigenvalue weighted by molar-refractivity contribution is 7.85. The molecule has 1 aromatic heterocycles. The lowest BCUT2D eigenvalue weighted by Crippen LogP contribution is -2.26. The van der Waals surface area contributed by atoms with Crippen LogP contribution in [0.25, 0.3) is 0 Å². The Morgan fingerprint density at radius 2 is 2.00 bits per heavy atom. The molecule has 1 heterocycles. The number of benzene rings is 1. The molecule has 0 saturated heterocycles. The molecule has 5 N–H and O–H groups in total. The van der Waals surface area contributed by atoms with Gasteiger partial charge >= 0.3 is 5.97 Å². The predicted octanol–water partition coefficient (Wildman–Crippen LogP) is 1.05. The van der Waals surface area contributed by atoms with Gasteiger partial charge in [0.15, 0.2) is 5.69 Å². The van der Waals surface area contributed by atoms with Crippen LogP contribution < -0.4 is 11.3 Å². The van der Waals surface area contributed by atoms with E-state index in [1.807, 2.05) is 0 Å². The SMILES string of the molecule is Cc1c(N=Nc2cc(S(=O)(=O)O)ccc2C(=O)O)c(O)n(CCN)c(=O)c1C#N. The predicted molar refractivity (Wildman–Crippen MR) is 98.3 cm³/mol. The average Bonchev–Trinajstić information content (AvgIpc) is 2.64. The van der Waals surface area contributed by atoms with Crippen molar-refractivity contribution < 1.29 is 28.0 Å². The number of nitrogens with two attached hydrogens (primary N) is 1. The summed E-state index contributed by atoms with van der Waals surface area (Å²) >= 11 is 0. The number of nitriles is 1. The van der Waals surface area contributed by atoms with Crippen LogP contribution in [0.15, 0.2) is 38.1 Å². The Bertz CT molecular complexity index is 1230. The summed E-state index contributed by atoms with van der Waals surface area (Å²) in [4.78, 5) is 23.0. The quantitative estimate of drug-likeness (QED) is 0.387. The fourth-order valence-electron chi connectivity index (χ4n) is 2.43. The number of carboxylic acids is 1. The summed E-state index contributed by atoms with van der Waals surface area (Å²) in [5.74, 6) is -2.10. The lowest BCUT2D eigenvalue weighted by Gasteiger charge is -2.12. The van der Waals surface area contributed by atoms with Crippen LogP contribution in [0.5, 0.6) is 5.88 Å². The lowest BCUT2D eigenvalue weighted by molar-refractivity contribution is 0.0697. The molecule has 12 nitrogen and oxygen atoms in total. The Labute approximate surface area is 163 Å². The van der Waals surface area contributed by atoms with Crippen molar-refractivity contribution in [2.24, 2.45) is 16.0 Å². The molecule has 2 rings (SSSR count). The highest BCUT2D eigenvalue weighted by Gasteiger charge is 2.20. The highest BCUT2D eigenvalue weighted by atomic mass is 32.2. The summed E-state index contributed by atoms with van der Waals surface area (Å²) in [5, 5.41) is 36.2.